The molecule has 4 nitrogen and oxygen atoms in total. The van der Waals surface area contributed by atoms with Crippen LogP contribution in [0.5, 0.6) is 0 Å². The molecule has 0 spiro atoms. The van der Waals surface area contributed by atoms with Crippen LogP contribution in [0, 0.1) is 0 Å². The molecule has 1 unspecified atom stereocenters. The Labute approximate surface area is 135 Å². The summed E-state index contributed by atoms with van der Waals surface area (Å²) in [6.07, 6.45) is 11.6. The van der Waals surface area contributed by atoms with E-state index < -0.39 is 12.1 Å². The number of hydrogen-bond donors (Lipinski definition) is 1. The molecule has 0 aromatic heterocycles. The van der Waals surface area contributed by atoms with Gasteiger partial charge in [0.1, 0.15) is 6.10 Å². The van der Waals surface area contributed by atoms with Crippen LogP contribution in [0.15, 0.2) is 0 Å². The summed E-state index contributed by atoms with van der Waals surface area (Å²) >= 11 is 0. The Hall–Kier alpha value is -1.06. The smallest absolute Gasteiger partial charge is 0.307 e. The lowest BCUT2D eigenvalue weighted by molar-refractivity contribution is -0.153. The molecular weight excluding hydrogens is 280 g/mol. The van der Waals surface area contributed by atoms with Gasteiger partial charge in [0.05, 0.1) is 6.42 Å². The van der Waals surface area contributed by atoms with Crippen molar-refractivity contribution in [2.24, 2.45) is 0 Å². The first-order chi connectivity index (χ1) is 10.6. The Balaban J connectivity index is 3.90. The zero-order valence-corrected chi connectivity index (χ0v) is 14.4. The Morgan fingerprint density at radius 2 is 1.41 bits per heavy atom. The van der Waals surface area contributed by atoms with Crippen molar-refractivity contribution in [1.29, 1.82) is 0 Å². The minimum absolute atomic E-state index is 0.0741. The van der Waals surface area contributed by atoms with Gasteiger partial charge in [-0.2, -0.15) is 0 Å². The minimum Gasteiger partial charge on any atom is -0.481 e. The second-order valence-electron chi connectivity index (χ2n) is 6.08. The third-order valence-corrected chi connectivity index (χ3v) is 3.81. The molecule has 130 valence electrons. The highest BCUT2D eigenvalue weighted by molar-refractivity contribution is 5.71. The van der Waals surface area contributed by atoms with E-state index >= 15 is 0 Å². The van der Waals surface area contributed by atoms with Crippen LogP contribution in [-0.2, 0) is 14.3 Å². The third kappa shape index (κ3) is 13.9. The number of carbonyl (C=O) groups is 2. The van der Waals surface area contributed by atoms with E-state index in [0.29, 0.717) is 12.8 Å². The van der Waals surface area contributed by atoms with Gasteiger partial charge < -0.3 is 9.84 Å². The highest BCUT2D eigenvalue weighted by Crippen LogP contribution is 2.14. The molecule has 0 bridgehead atoms. The van der Waals surface area contributed by atoms with Gasteiger partial charge in [0.2, 0.25) is 0 Å². The van der Waals surface area contributed by atoms with E-state index in [2.05, 4.69) is 13.8 Å². The molecule has 0 aromatic carbocycles. The fourth-order valence-electron chi connectivity index (χ4n) is 2.49. The fourth-order valence-corrected chi connectivity index (χ4v) is 2.49. The number of carboxylic acids is 1. The maximum absolute atomic E-state index is 11.8. The summed E-state index contributed by atoms with van der Waals surface area (Å²) in [6, 6.07) is 0. The molecule has 4 heteroatoms. The summed E-state index contributed by atoms with van der Waals surface area (Å²) < 4.78 is 5.35. The van der Waals surface area contributed by atoms with Crippen LogP contribution < -0.4 is 0 Å². The van der Waals surface area contributed by atoms with E-state index in [1.165, 1.54) is 32.1 Å². The number of rotatable bonds is 15. The number of ether oxygens (including phenoxy) is 1. The van der Waals surface area contributed by atoms with E-state index in [-0.39, 0.29) is 12.4 Å². The Morgan fingerprint density at radius 1 is 0.864 bits per heavy atom. The summed E-state index contributed by atoms with van der Waals surface area (Å²) in [4.78, 5) is 22.7. The first kappa shape index (κ1) is 20.9. The van der Waals surface area contributed by atoms with E-state index in [1.807, 2.05) is 0 Å². The molecule has 0 heterocycles. The number of esters is 1. The van der Waals surface area contributed by atoms with Crippen molar-refractivity contribution < 1.29 is 19.4 Å². The van der Waals surface area contributed by atoms with E-state index in [4.69, 9.17) is 9.84 Å². The predicted octanol–water partition coefficient (Wildman–Crippen LogP) is 5.09. The summed E-state index contributed by atoms with van der Waals surface area (Å²) in [6.45, 7) is 4.32. The largest absolute Gasteiger partial charge is 0.481 e. The second-order valence-corrected chi connectivity index (χ2v) is 6.08. The fraction of sp³-hybridized carbons (Fsp3) is 0.889. The molecular formula is C18H34O4. The van der Waals surface area contributed by atoms with Crippen molar-refractivity contribution in [3.8, 4) is 0 Å². The van der Waals surface area contributed by atoms with Crippen LogP contribution in [0.2, 0.25) is 0 Å². The Bertz CT molecular complexity index is 289. The topological polar surface area (TPSA) is 63.6 Å². The maximum Gasteiger partial charge on any atom is 0.307 e. The van der Waals surface area contributed by atoms with Crippen molar-refractivity contribution in [3.63, 3.8) is 0 Å². The van der Waals surface area contributed by atoms with Crippen LogP contribution in [-0.4, -0.2) is 23.1 Å². The maximum atomic E-state index is 11.8. The molecule has 0 fully saturated rings. The summed E-state index contributed by atoms with van der Waals surface area (Å²) in [7, 11) is 0. The van der Waals surface area contributed by atoms with Gasteiger partial charge in [-0.3, -0.25) is 9.59 Å². The zero-order chi connectivity index (χ0) is 16.6. The quantitative estimate of drug-likeness (QED) is 0.337. The van der Waals surface area contributed by atoms with Crippen LogP contribution in [0.25, 0.3) is 0 Å². The number of carbonyl (C=O) groups excluding carboxylic acids is 1. The van der Waals surface area contributed by atoms with E-state index in [9.17, 15) is 9.59 Å². The molecule has 1 N–H and O–H groups in total. The van der Waals surface area contributed by atoms with Gasteiger partial charge in [-0.05, 0) is 19.3 Å². The molecule has 0 aliphatic heterocycles. The van der Waals surface area contributed by atoms with Crippen LogP contribution >= 0.6 is 0 Å². The molecule has 0 aliphatic carbocycles. The van der Waals surface area contributed by atoms with Crippen molar-refractivity contribution in [2.75, 3.05) is 0 Å². The predicted molar refractivity (Wildman–Crippen MR) is 88.9 cm³/mol. The van der Waals surface area contributed by atoms with Gasteiger partial charge in [-0.1, -0.05) is 65.2 Å². The molecule has 22 heavy (non-hydrogen) atoms. The Morgan fingerprint density at radius 3 is 1.95 bits per heavy atom. The first-order valence-corrected chi connectivity index (χ1v) is 9.01. The zero-order valence-electron chi connectivity index (χ0n) is 14.4. The molecule has 0 saturated heterocycles. The van der Waals surface area contributed by atoms with Gasteiger partial charge in [-0.25, -0.2) is 0 Å². The number of hydrogen-bond acceptors (Lipinski definition) is 3. The van der Waals surface area contributed by atoms with Gasteiger partial charge in [0, 0.05) is 6.42 Å². The van der Waals surface area contributed by atoms with E-state index in [0.717, 1.165) is 32.1 Å². The number of unbranched alkanes of at least 4 members (excludes halogenated alkanes) is 8. The van der Waals surface area contributed by atoms with Crippen molar-refractivity contribution in [1.82, 2.24) is 0 Å². The number of carboxylic acid groups (broad SMARTS) is 1. The summed E-state index contributed by atoms with van der Waals surface area (Å²) in [5.74, 6) is -1.13. The summed E-state index contributed by atoms with van der Waals surface area (Å²) in [5.41, 5.74) is 0. The van der Waals surface area contributed by atoms with Crippen molar-refractivity contribution >= 4 is 11.9 Å². The van der Waals surface area contributed by atoms with Crippen LogP contribution in [0.4, 0.5) is 0 Å². The number of aliphatic carboxylic acids is 1. The SMILES string of the molecule is CCCCCCCC(=O)OC(CCCCCCC)CC(=O)O. The van der Waals surface area contributed by atoms with Crippen molar-refractivity contribution in [3.05, 3.63) is 0 Å². The lowest BCUT2D eigenvalue weighted by atomic mass is 10.1. The van der Waals surface area contributed by atoms with E-state index in [1.54, 1.807) is 0 Å². The van der Waals surface area contributed by atoms with Crippen LogP contribution in [0.1, 0.15) is 97.3 Å². The minimum atomic E-state index is -0.894. The lowest BCUT2D eigenvalue weighted by Gasteiger charge is -2.16. The van der Waals surface area contributed by atoms with Gasteiger partial charge >= 0.3 is 11.9 Å². The average molecular weight is 314 g/mol. The molecule has 0 radical (unpaired) electrons. The summed E-state index contributed by atoms with van der Waals surface area (Å²) in [5, 5.41) is 8.92. The lowest BCUT2D eigenvalue weighted by Crippen LogP contribution is -2.21. The molecule has 0 saturated carbocycles. The Kier molecular flexibility index (Phi) is 14.1. The molecule has 1 atom stereocenters. The molecule has 0 amide bonds. The van der Waals surface area contributed by atoms with Gasteiger partial charge in [0.25, 0.3) is 0 Å². The molecule has 0 aromatic rings. The first-order valence-electron chi connectivity index (χ1n) is 9.01. The standard InChI is InChI=1S/C18H34O4/c1-3-5-7-9-11-13-16(15-17(19)20)22-18(21)14-12-10-8-6-4-2/h16H,3-15H2,1-2H3,(H,19,20). The van der Waals surface area contributed by atoms with Crippen LogP contribution in [0.3, 0.4) is 0 Å². The molecule has 0 rings (SSSR count). The van der Waals surface area contributed by atoms with Crippen molar-refractivity contribution in [2.45, 2.75) is 103 Å². The second kappa shape index (κ2) is 14.9. The normalized spacial score (nSPS) is 12.1. The highest BCUT2D eigenvalue weighted by atomic mass is 16.5. The monoisotopic (exact) mass is 314 g/mol. The average Bonchev–Trinajstić information content (AvgIpc) is 2.46. The molecule has 0 aliphatic rings. The van der Waals surface area contributed by atoms with Gasteiger partial charge in [-0.15, -0.1) is 0 Å². The highest BCUT2D eigenvalue weighted by Gasteiger charge is 2.17. The van der Waals surface area contributed by atoms with Gasteiger partial charge in [0.15, 0.2) is 0 Å². The third-order valence-electron chi connectivity index (χ3n) is 3.81.